The molecule has 0 aromatic carbocycles. The number of alkyl halides is 1. The van der Waals surface area contributed by atoms with E-state index >= 15 is 0 Å². The molecule has 0 amide bonds. The Balaban J connectivity index is 1.67. The zero-order chi connectivity index (χ0) is 24.2. The molecule has 33 heavy (non-hydrogen) atoms. The van der Waals surface area contributed by atoms with Crippen molar-refractivity contribution >= 4 is 21.9 Å². The summed E-state index contributed by atoms with van der Waals surface area (Å²) in [5.74, 6) is 1.99. The second-order valence-corrected chi connectivity index (χ2v) is 12.4. The van der Waals surface area contributed by atoms with E-state index in [1.807, 2.05) is 13.8 Å². The molecule has 5 atom stereocenters. The molecule has 0 saturated heterocycles. The summed E-state index contributed by atoms with van der Waals surface area (Å²) in [4.78, 5) is 11.7. The van der Waals surface area contributed by atoms with Crippen molar-refractivity contribution in [2.24, 2.45) is 23.2 Å². The number of rotatable bonds is 8. The summed E-state index contributed by atoms with van der Waals surface area (Å²) in [5.41, 5.74) is 3.91. The van der Waals surface area contributed by atoms with Crippen molar-refractivity contribution in [2.75, 3.05) is 5.33 Å². The van der Waals surface area contributed by atoms with Crippen molar-refractivity contribution in [1.29, 1.82) is 0 Å². The number of carbonyl (C=O) groups is 1. The molecule has 3 fully saturated rings. The minimum Gasteiger partial charge on any atom is -0.461 e. The number of hydrogen-bond acceptors (Lipinski definition) is 3. The van der Waals surface area contributed by atoms with Gasteiger partial charge in [-0.3, -0.25) is 4.79 Å². The van der Waals surface area contributed by atoms with Crippen LogP contribution in [0.25, 0.3) is 0 Å². The Morgan fingerprint density at radius 3 is 2.76 bits per heavy atom. The normalized spacial score (nSPS) is 33.9. The highest BCUT2D eigenvalue weighted by molar-refractivity contribution is 9.09. The molecule has 0 aromatic heterocycles. The predicted molar refractivity (Wildman–Crippen MR) is 140 cm³/mol. The summed E-state index contributed by atoms with van der Waals surface area (Å²) < 4.78 is 5.59. The molecule has 0 spiro atoms. The lowest BCUT2D eigenvalue weighted by Gasteiger charge is -2.44. The minimum absolute atomic E-state index is 0.0255. The van der Waals surface area contributed by atoms with Gasteiger partial charge in [0.1, 0.15) is 11.4 Å². The molecular formula is C29H45BrO3. The van der Waals surface area contributed by atoms with Gasteiger partial charge in [0.2, 0.25) is 0 Å². The lowest BCUT2D eigenvalue weighted by molar-refractivity contribution is -0.146. The van der Waals surface area contributed by atoms with E-state index in [1.165, 1.54) is 49.7 Å². The summed E-state index contributed by atoms with van der Waals surface area (Å²) in [6.45, 7) is 13.1. The number of esters is 1. The summed E-state index contributed by atoms with van der Waals surface area (Å²) in [5, 5.41) is 10.3. The van der Waals surface area contributed by atoms with E-state index in [0.717, 1.165) is 38.0 Å². The first-order chi connectivity index (χ1) is 15.5. The van der Waals surface area contributed by atoms with Crippen LogP contribution >= 0.6 is 15.9 Å². The Labute approximate surface area is 210 Å². The van der Waals surface area contributed by atoms with Crippen LogP contribution in [0.5, 0.6) is 0 Å². The van der Waals surface area contributed by atoms with Gasteiger partial charge in [-0.05, 0) is 94.0 Å². The van der Waals surface area contributed by atoms with Gasteiger partial charge in [0.05, 0.1) is 5.60 Å². The van der Waals surface area contributed by atoms with E-state index in [1.54, 1.807) is 5.57 Å². The van der Waals surface area contributed by atoms with Crippen LogP contribution in [0.4, 0.5) is 0 Å². The highest BCUT2D eigenvalue weighted by atomic mass is 79.9. The first-order valence-corrected chi connectivity index (χ1v) is 14.2. The smallest absolute Gasteiger partial charge is 0.316 e. The molecule has 186 valence electrons. The van der Waals surface area contributed by atoms with Crippen molar-refractivity contribution in [1.82, 2.24) is 0 Å². The summed E-state index contributed by atoms with van der Waals surface area (Å²) in [6.07, 6.45) is 16.9. The maximum atomic E-state index is 11.7. The molecule has 0 aliphatic heterocycles. The number of allylic oxidation sites excluding steroid dienone is 4. The van der Waals surface area contributed by atoms with Crippen LogP contribution in [0, 0.1) is 23.2 Å². The third kappa shape index (κ3) is 6.84. The van der Waals surface area contributed by atoms with E-state index in [4.69, 9.17) is 4.74 Å². The maximum absolute atomic E-state index is 11.7. The molecule has 0 aromatic rings. The first-order valence-electron chi connectivity index (χ1n) is 13.1. The van der Waals surface area contributed by atoms with Crippen LogP contribution in [0.3, 0.4) is 0 Å². The van der Waals surface area contributed by atoms with Crippen molar-refractivity contribution in [3.05, 3.63) is 35.5 Å². The van der Waals surface area contributed by atoms with Crippen LogP contribution in [-0.4, -0.2) is 28.1 Å². The van der Waals surface area contributed by atoms with Crippen LogP contribution < -0.4 is 0 Å². The van der Waals surface area contributed by atoms with E-state index in [-0.39, 0.29) is 17.4 Å². The number of ether oxygens (including phenoxy) is 1. The average Bonchev–Trinajstić information content (AvgIpc) is 3.10. The third-order valence-corrected chi connectivity index (χ3v) is 9.21. The molecule has 0 bridgehead atoms. The van der Waals surface area contributed by atoms with E-state index in [2.05, 4.69) is 48.5 Å². The second kappa shape index (κ2) is 11.2. The Kier molecular flexibility index (Phi) is 9.11. The van der Waals surface area contributed by atoms with Gasteiger partial charge in [0.15, 0.2) is 0 Å². The Hall–Kier alpha value is -0.870. The zero-order valence-corrected chi connectivity index (χ0v) is 22.9. The average molecular weight is 522 g/mol. The fraction of sp³-hybridized carbons (Fsp3) is 0.759. The summed E-state index contributed by atoms with van der Waals surface area (Å²) >= 11 is 3.19. The van der Waals surface area contributed by atoms with Crippen molar-refractivity contribution < 1.29 is 14.6 Å². The maximum Gasteiger partial charge on any atom is 0.316 e. The molecular weight excluding hydrogens is 476 g/mol. The minimum atomic E-state index is -0.551. The van der Waals surface area contributed by atoms with Crippen molar-refractivity contribution in [3.63, 3.8) is 0 Å². The van der Waals surface area contributed by atoms with Gasteiger partial charge >= 0.3 is 5.97 Å². The topological polar surface area (TPSA) is 46.5 Å². The molecule has 3 aliphatic rings. The van der Waals surface area contributed by atoms with Gasteiger partial charge < -0.3 is 9.84 Å². The molecule has 2 unspecified atom stereocenters. The molecule has 3 aliphatic carbocycles. The SMILES string of the molecule is C=C1CC[C@H](OC(=O)CBr)C/C1=C/C=C1\CCCC2(C)C1CC[C@@H]2[C@@H](C)CCCC(C)(C)O. The number of halogens is 1. The Bertz CT molecular complexity index is 774. The fourth-order valence-electron chi connectivity index (χ4n) is 6.97. The third-order valence-electron chi connectivity index (χ3n) is 8.75. The van der Waals surface area contributed by atoms with E-state index in [0.29, 0.717) is 17.3 Å². The highest BCUT2D eigenvalue weighted by Crippen LogP contribution is 2.60. The quantitative estimate of drug-likeness (QED) is 0.263. The highest BCUT2D eigenvalue weighted by Gasteiger charge is 2.50. The van der Waals surface area contributed by atoms with Gasteiger partial charge in [0.25, 0.3) is 0 Å². The Morgan fingerprint density at radius 1 is 1.30 bits per heavy atom. The fourth-order valence-corrected chi connectivity index (χ4v) is 7.10. The largest absolute Gasteiger partial charge is 0.461 e. The second-order valence-electron chi connectivity index (χ2n) is 11.8. The van der Waals surface area contributed by atoms with Crippen molar-refractivity contribution in [2.45, 2.75) is 110 Å². The Morgan fingerprint density at radius 2 is 2.06 bits per heavy atom. The van der Waals surface area contributed by atoms with Gasteiger partial charge in [-0.2, -0.15) is 0 Å². The lowest BCUT2D eigenvalue weighted by Crippen LogP contribution is -2.36. The summed E-state index contributed by atoms with van der Waals surface area (Å²) in [7, 11) is 0. The molecule has 3 nitrogen and oxygen atoms in total. The lowest BCUT2D eigenvalue weighted by atomic mass is 9.60. The van der Waals surface area contributed by atoms with Gasteiger partial charge in [0, 0.05) is 6.42 Å². The van der Waals surface area contributed by atoms with Gasteiger partial charge in [-0.15, -0.1) is 0 Å². The van der Waals surface area contributed by atoms with E-state index < -0.39 is 5.60 Å². The number of carbonyl (C=O) groups excluding carboxylic acids is 1. The number of fused-ring (bicyclic) bond motifs is 1. The molecule has 3 saturated carbocycles. The van der Waals surface area contributed by atoms with E-state index in [9.17, 15) is 9.90 Å². The molecule has 3 rings (SSSR count). The van der Waals surface area contributed by atoms with Crippen LogP contribution in [0.2, 0.25) is 0 Å². The predicted octanol–water partition coefficient (Wildman–Crippen LogP) is 7.68. The molecule has 1 N–H and O–H groups in total. The monoisotopic (exact) mass is 520 g/mol. The summed E-state index contributed by atoms with van der Waals surface area (Å²) in [6, 6.07) is 0. The first kappa shape index (κ1) is 26.7. The van der Waals surface area contributed by atoms with Gasteiger partial charge in [-0.1, -0.05) is 72.5 Å². The standard InChI is InChI=1S/C29H45BrO3/c1-20-10-13-24(33-27(31)19-30)18-23(20)12-11-22-9-7-17-29(5)25(14-15-26(22)29)21(2)8-6-16-28(3,4)32/h11-12,21,24-26,32H,1,6-10,13-19H2,2-5H3/b22-11+,23-12-/t21-,24-,25+,26?,29?/m0/s1. The molecule has 4 heteroatoms. The zero-order valence-electron chi connectivity index (χ0n) is 21.3. The number of aliphatic hydroxyl groups is 1. The molecule has 0 radical (unpaired) electrons. The van der Waals surface area contributed by atoms with Crippen LogP contribution in [-0.2, 0) is 9.53 Å². The van der Waals surface area contributed by atoms with Gasteiger partial charge in [-0.25, -0.2) is 0 Å². The molecule has 0 heterocycles. The van der Waals surface area contributed by atoms with Crippen LogP contribution in [0.1, 0.15) is 98.3 Å². The van der Waals surface area contributed by atoms with Crippen molar-refractivity contribution in [3.8, 4) is 0 Å². The van der Waals surface area contributed by atoms with Crippen LogP contribution in [0.15, 0.2) is 35.5 Å². The number of hydrogen-bond donors (Lipinski definition) is 1.